The Hall–Kier alpha value is -0.380. The predicted octanol–water partition coefficient (Wildman–Crippen LogP) is 2.48. The maximum Gasteiger partial charge on any atom is 0.0793 e. The van der Waals surface area contributed by atoms with Crippen molar-refractivity contribution in [1.29, 1.82) is 0 Å². The third kappa shape index (κ3) is 3.03. The number of rotatable bonds is 3. The standard InChI is InChI=1S/C12H16BrNO/c13-11-3-1-10(2-4-11)12(15)7-9-5-6-14-8-9/h1-4,9,12,14-15H,5-8H2. The number of benzene rings is 1. The van der Waals surface area contributed by atoms with Crippen molar-refractivity contribution in [2.75, 3.05) is 13.1 Å². The Morgan fingerprint density at radius 3 is 2.73 bits per heavy atom. The van der Waals surface area contributed by atoms with Gasteiger partial charge in [0.2, 0.25) is 0 Å². The first-order chi connectivity index (χ1) is 7.25. The van der Waals surface area contributed by atoms with Gasteiger partial charge in [0.25, 0.3) is 0 Å². The van der Waals surface area contributed by atoms with Crippen LogP contribution in [0.15, 0.2) is 28.7 Å². The third-order valence-corrected chi connectivity index (χ3v) is 3.50. The molecule has 2 rings (SSSR count). The Morgan fingerprint density at radius 1 is 1.40 bits per heavy atom. The first kappa shape index (κ1) is 11.1. The average Bonchev–Trinajstić information content (AvgIpc) is 2.71. The molecule has 15 heavy (non-hydrogen) atoms. The molecule has 1 aromatic carbocycles. The number of nitrogens with one attached hydrogen (secondary N) is 1. The fraction of sp³-hybridized carbons (Fsp3) is 0.500. The van der Waals surface area contributed by atoms with Crippen LogP contribution in [-0.2, 0) is 0 Å². The number of hydrogen-bond acceptors (Lipinski definition) is 2. The van der Waals surface area contributed by atoms with E-state index in [1.165, 1.54) is 6.42 Å². The van der Waals surface area contributed by atoms with Gasteiger partial charge in [-0.05, 0) is 49.5 Å². The second kappa shape index (κ2) is 5.10. The van der Waals surface area contributed by atoms with Crippen molar-refractivity contribution in [1.82, 2.24) is 5.32 Å². The first-order valence-electron chi connectivity index (χ1n) is 5.40. The Labute approximate surface area is 98.8 Å². The molecule has 0 bridgehead atoms. The van der Waals surface area contributed by atoms with Crippen molar-refractivity contribution < 1.29 is 5.11 Å². The molecule has 0 spiro atoms. The topological polar surface area (TPSA) is 32.3 Å². The molecule has 2 unspecified atom stereocenters. The smallest absolute Gasteiger partial charge is 0.0793 e. The molecule has 0 amide bonds. The molecule has 2 nitrogen and oxygen atoms in total. The van der Waals surface area contributed by atoms with Gasteiger partial charge in [0.05, 0.1) is 6.10 Å². The Morgan fingerprint density at radius 2 is 2.13 bits per heavy atom. The van der Waals surface area contributed by atoms with E-state index in [-0.39, 0.29) is 6.10 Å². The normalized spacial score (nSPS) is 22.9. The van der Waals surface area contributed by atoms with Gasteiger partial charge >= 0.3 is 0 Å². The van der Waals surface area contributed by atoms with Crippen molar-refractivity contribution in [3.8, 4) is 0 Å². The lowest BCUT2D eigenvalue weighted by molar-refractivity contribution is 0.147. The van der Waals surface area contributed by atoms with Gasteiger partial charge in [0.1, 0.15) is 0 Å². The van der Waals surface area contributed by atoms with Crippen LogP contribution in [0.5, 0.6) is 0 Å². The van der Waals surface area contributed by atoms with Gasteiger partial charge in [-0.15, -0.1) is 0 Å². The Balaban J connectivity index is 1.94. The fourth-order valence-electron chi connectivity index (χ4n) is 2.05. The lowest BCUT2D eigenvalue weighted by Gasteiger charge is -2.15. The maximum absolute atomic E-state index is 10.0. The van der Waals surface area contributed by atoms with Crippen molar-refractivity contribution in [3.63, 3.8) is 0 Å². The summed E-state index contributed by atoms with van der Waals surface area (Å²) in [5, 5.41) is 13.3. The van der Waals surface area contributed by atoms with Crippen molar-refractivity contribution in [2.45, 2.75) is 18.9 Å². The molecule has 82 valence electrons. The average molecular weight is 270 g/mol. The minimum Gasteiger partial charge on any atom is -0.388 e. The van der Waals surface area contributed by atoms with E-state index in [4.69, 9.17) is 0 Å². The van der Waals surface area contributed by atoms with E-state index in [0.29, 0.717) is 5.92 Å². The second-order valence-corrected chi connectivity index (χ2v) is 5.08. The molecule has 1 aromatic rings. The molecule has 1 aliphatic heterocycles. The Kier molecular flexibility index (Phi) is 3.78. The van der Waals surface area contributed by atoms with Crippen molar-refractivity contribution >= 4 is 15.9 Å². The van der Waals surface area contributed by atoms with Crippen LogP contribution in [0.2, 0.25) is 0 Å². The summed E-state index contributed by atoms with van der Waals surface area (Å²) in [5.74, 6) is 0.628. The van der Waals surface area contributed by atoms with Crippen LogP contribution in [0, 0.1) is 5.92 Å². The molecular weight excluding hydrogens is 254 g/mol. The second-order valence-electron chi connectivity index (χ2n) is 4.16. The van der Waals surface area contributed by atoms with E-state index >= 15 is 0 Å². The van der Waals surface area contributed by atoms with Gasteiger partial charge in [-0.1, -0.05) is 28.1 Å². The van der Waals surface area contributed by atoms with Crippen LogP contribution in [0.3, 0.4) is 0 Å². The summed E-state index contributed by atoms with van der Waals surface area (Å²) in [7, 11) is 0. The highest BCUT2D eigenvalue weighted by Crippen LogP contribution is 2.25. The third-order valence-electron chi connectivity index (χ3n) is 2.97. The number of halogens is 1. The zero-order valence-corrected chi connectivity index (χ0v) is 10.2. The largest absolute Gasteiger partial charge is 0.388 e. The van der Waals surface area contributed by atoms with E-state index in [9.17, 15) is 5.11 Å². The summed E-state index contributed by atoms with van der Waals surface area (Å²) in [4.78, 5) is 0. The van der Waals surface area contributed by atoms with Gasteiger partial charge in [0.15, 0.2) is 0 Å². The number of aliphatic hydroxyl groups excluding tert-OH is 1. The lowest BCUT2D eigenvalue weighted by Crippen LogP contribution is -2.11. The zero-order valence-electron chi connectivity index (χ0n) is 8.62. The van der Waals surface area contributed by atoms with Crippen molar-refractivity contribution in [2.24, 2.45) is 5.92 Å². The summed E-state index contributed by atoms with van der Waals surface area (Å²) in [6.45, 7) is 2.14. The van der Waals surface area contributed by atoms with Gasteiger partial charge in [-0.25, -0.2) is 0 Å². The number of aliphatic hydroxyl groups is 1. The molecule has 2 atom stereocenters. The van der Waals surface area contributed by atoms with Crippen molar-refractivity contribution in [3.05, 3.63) is 34.3 Å². The minimum atomic E-state index is -0.317. The predicted molar refractivity (Wildman–Crippen MR) is 64.7 cm³/mol. The van der Waals surface area contributed by atoms with Gasteiger partial charge < -0.3 is 10.4 Å². The fourth-order valence-corrected chi connectivity index (χ4v) is 2.32. The molecule has 1 fully saturated rings. The van der Waals surface area contributed by atoms with E-state index in [0.717, 1.165) is 29.5 Å². The minimum absolute atomic E-state index is 0.317. The quantitative estimate of drug-likeness (QED) is 0.884. The van der Waals surface area contributed by atoms with Gasteiger partial charge in [-0.2, -0.15) is 0 Å². The highest BCUT2D eigenvalue weighted by molar-refractivity contribution is 9.10. The molecule has 1 heterocycles. The molecule has 0 radical (unpaired) electrons. The summed E-state index contributed by atoms with van der Waals surface area (Å²) in [6, 6.07) is 7.92. The molecule has 0 saturated carbocycles. The maximum atomic E-state index is 10.0. The van der Waals surface area contributed by atoms with Crippen LogP contribution in [-0.4, -0.2) is 18.2 Å². The zero-order chi connectivity index (χ0) is 10.7. The highest BCUT2D eigenvalue weighted by atomic mass is 79.9. The molecule has 1 saturated heterocycles. The van der Waals surface area contributed by atoms with Gasteiger partial charge in [0, 0.05) is 4.47 Å². The summed E-state index contributed by atoms with van der Waals surface area (Å²) < 4.78 is 1.06. The lowest BCUT2D eigenvalue weighted by atomic mass is 9.96. The van der Waals surface area contributed by atoms with Crippen LogP contribution in [0.4, 0.5) is 0 Å². The molecule has 3 heteroatoms. The molecular formula is C12H16BrNO. The van der Waals surface area contributed by atoms with Gasteiger partial charge in [-0.3, -0.25) is 0 Å². The summed E-state index contributed by atoms with van der Waals surface area (Å²) in [5.41, 5.74) is 1.02. The highest BCUT2D eigenvalue weighted by Gasteiger charge is 2.19. The number of hydrogen-bond donors (Lipinski definition) is 2. The van der Waals surface area contributed by atoms with Crippen LogP contribution >= 0.6 is 15.9 Å². The van der Waals surface area contributed by atoms with E-state index in [1.54, 1.807) is 0 Å². The van der Waals surface area contributed by atoms with Crippen LogP contribution in [0.1, 0.15) is 24.5 Å². The van der Waals surface area contributed by atoms with E-state index in [2.05, 4.69) is 21.2 Å². The Bertz CT molecular complexity index is 306. The molecule has 0 aliphatic carbocycles. The molecule has 0 aromatic heterocycles. The molecule has 1 aliphatic rings. The summed E-state index contributed by atoms with van der Waals surface area (Å²) >= 11 is 3.39. The monoisotopic (exact) mass is 269 g/mol. The van der Waals surface area contributed by atoms with E-state index in [1.807, 2.05) is 24.3 Å². The first-order valence-corrected chi connectivity index (χ1v) is 6.19. The van der Waals surface area contributed by atoms with Crippen LogP contribution < -0.4 is 5.32 Å². The summed E-state index contributed by atoms with van der Waals surface area (Å²) in [6.07, 6.45) is 1.74. The van der Waals surface area contributed by atoms with Crippen LogP contribution in [0.25, 0.3) is 0 Å². The molecule has 2 N–H and O–H groups in total. The SMILES string of the molecule is OC(CC1CCNC1)c1ccc(Br)cc1. The van der Waals surface area contributed by atoms with E-state index < -0.39 is 0 Å².